The molecule has 5 heteroatoms. The van der Waals surface area contributed by atoms with Crippen molar-refractivity contribution in [1.82, 2.24) is 15.1 Å². The van der Waals surface area contributed by atoms with Gasteiger partial charge in [-0.3, -0.25) is 9.59 Å². The smallest absolute Gasteiger partial charge is 0.228 e. The molecule has 3 saturated heterocycles. The molecule has 4 rings (SSSR count). The Kier molecular flexibility index (Phi) is 4.08. The van der Waals surface area contributed by atoms with Gasteiger partial charge in [-0.05, 0) is 43.4 Å². The molecule has 3 aliphatic heterocycles. The van der Waals surface area contributed by atoms with Crippen LogP contribution in [0.25, 0.3) is 0 Å². The van der Waals surface area contributed by atoms with E-state index in [-0.39, 0.29) is 17.7 Å². The number of likely N-dealkylation sites (tertiary alicyclic amines) is 2. The summed E-state index contributed by atoms with van der Waals surface area (Å²) in [5.74, 6) is 2.41. The van der Waals surface area contributed by atoms with Crippen LogP contribution in [0, 0.1) is 23.7 Å². The number of hydrogen-bond acceptors (Lipinski definition) is 3. The van der Waals surface area contributed by atoms with E-state index in [0.717, 1.165) is 44.9 Å². The molecule has 0 aromatic heterocycles. The highest BCUT2D eigenvalue weighted by atomic mass is 16.2. The Bertz CT molecular complexity index is 475. The quantitative estimate of drug-likeness (QED) is 0.829. The Balaban J connectivity index is 1.35. The van der Waals surface area contributed by atoms with E-state index in [0.29, 0.717) is 30.8 Å². The first kappa shape index (κ1) is 15.4. The zero-order valence-electron chi connectivity index (χ0n) is 14.2. The van der Waals surface area contributed by atoms with Gasteiger partial charge in [-0.25, -0.2) is 0 Å². The Labute approximate surface area is 138 Å². The van der Waals surface area contributed by atoms with Gasteiger partial charge in [0.05, 0.1) is 5.92 Å². The summed E-state index contributed by atoms with van der Waals surface area (Å²) >= 11 is 0. The van der Waals surface area contributed by atoms with E-state index in [1.54, 1.807) is 0 Å². The van der Waals surface area contributed by atoms with E-state index in [4.69, 9.17) is 0 Å². The molecule has 3 heterocycles. The van der Waals surface area contributed by atoms with Crippen LogP contribution < -0.4 is 5.32 Å². The lowest BCUT2D eigenvalue weighted by Crippen LogP contribution is -2.41. The van der Waals surface area contributed by atoms with Gasteiger partial charge in [0.15, 0.2) is 0 Å². The maximum Gasteiger partial charge on any atom is 0.228 e. The lowest BCUT2D eigenvalue weighted by atomic mass is 9.86. The van der Waals surface area contributed by atoms with E-state index >= 15 is 0 Å². The molecule has 1 N–H and O–H groups in total. The molecular weight excluding hydrogens is 290 g/mol. The maximum absolute atomic E-state index is 12.8. The third kappa shape index (κ3) is 2.88. The van der Waals surface area contributed by atoms with Crippen LogP contribution in [0.4, 0.5) is 0 Å². The van der Waals surface area contributed by atoms with Crippen LogP contribution in [-0.2, 0) is 9.59 Å². The number of nitrogens with one attached hydrogen (secondary N) is 1. The van der Waals surface area contributed by atoms with Crippen LogP contribution in [0.1, 0.15) is 39.0 Å². The minimum Gasteiger partial charge on any atom is -0.342 e. The Morgan fingerprint density at radius 1 is 1.04 bits per heavy atom. The highest BCUT2D eigenvalue weighted by Gasteiger charge is 2.44. The van der Waals surface area contributed by atoms with Gasteiger partial charge in [0.2, 0.25) is 11.8 Å². The zero-order chi connectivity index (χ0) is 16.0. The third-order valence-corrected chi connectivity index (χ3v) is 6.64. The summed E-state index contributed by atoms with van der Waals surface area (Å²) in [4.78, 5) is 29.3. The van der Waals surface area contributed by atoms with Gasteiger partial charge in [0.1, 0.15) is 0 Å². The van der Waals surface area contributed by atoms with Gasteiger partial charge >= 0.3 is 0 Å². The van der Waals surface area contributed by atoms with Crippen molar-refractivity contribution in [3.8, 4) is 0 Å². The lowest BCUT2D eigenvalue weighted by molar-refractivity contribution is -0.135. The SMILES string of the molecule is CC1CCC(N2CC(C(=O)N3C[C@H]4CNC[C@H]4C3)CC2=O)CC1. The van der Waals surface area contributed by atoms with Crippen LogP contribution in [0.2, 0.25) is 0 Å². The molecule has 0 spiro atoms. The maximum atomic E-state index is 12.8. The van der Waals surface area contributed by atoms with Crippen molar-refractivity contribution in [3.63, 3.8) is 0 Å². The van der Waals surface area contributed by atoms with Crippen molar-refractivity contribution < 1.29 is 9.59 Å². The monoisotopic (exact) mass is 319 g/mol. The number of rotatable bonds is 2. The lowest BCUT2D eigenvalue weighted by Gasteiger charge is -2.33. The number of hydrogen-bond donors (Lipinski definition) is 1. The molecule has 23 heavy (non-hydrogen) atoms. The molecule has 5 nitrogen and oxygen atoms in total. The minimum atomic E-state index is -0.0892. The summed E-state index contributed by atoms with van der Waals surface area (Å²) in [6.07, 6.45) is 5.11. The molecule has 1 saturated carbocycles. The molecule has 1 unspecified atom stereocenters. The van der Waals surface area contributed by atoms with E-state index in [1.807, 2.05) is 9.80 Å². The molecule has 0 radical (unpaired) electrons. The van der Waals surface area contributed by atoms with Gasteiger partial charge in [0, 0.05) is 45.2 Å². The molecule has 0 aromatic carbocycles. The topological polar surface area (TPSA) is 52.7 Å². The van der Waals surface area contributed by atoms with Crippen molar-refractivity contribution in [3.05, 3.63) is 0 Å². The molecule has 4 fully saturated rings. The predicted molar refractivity (Wildman–Crippen MR) is 87.7 cm³/mol. The summed E-state index contributed by atoms with van der Waals surface area (Å²) in [6, 6.07) is 0.388. The molecule has 1 aliphatic carbocycles. The van der Waals surface area contributed by atoms with Gasteiger partial charge in [-0.1, -0.05) is 6.92 Å². The van der Waals surface area contributed by atoms with Gasteiger partial charge in [0.25, 0.3) is 0 Å². The average molecular weight is 319 g/mol. The highest BCUT2D eigenvalue weighted by Crippen LogP contribution is 2.33. The van der Waals surface area contributed by atoms with Gasteiger partial charge in [-0.15, -0.1) is 0 Å². The highest BCUT2D eigenvalue weighted by molar-refractivity contribution is 5.89. The van der Waals surface area contributed by atoms with Crippen LogP contribution >= 0.6 is 0 Å². The predicted octanol–water partition coefficient (Wildman–Crippen LogP) is 1.09. The van der Waals surface area contributed by atoms with Gasteiger partial charge < -0.3 is 15.1 Å². The van der Waals surface area contributed by atoms with E-state index in [2.05, 4.69) is 12.2 Å². The van der Waals surface area contributed by atoms with Crippen LogP contribution in [0.15, 0.2) is 0 Å². The second kappa shape index (κ2) is 6.08. The first-order chi connectivity index (χ1) is 11.1. The van der Waals surface area contributed by atoms with Crippen molar-refractivity contribution >= 4 is 11.8 Å². The largest absolute Gasteiger partial charge is 0.342 e. The fourth-order valence-corrected chi connectivity index (χ4v) is 5.10. The number of amides is 2. The average Bonchev–Trinajstić information content (AvgIpc) is 3.21. The number of fused-ring (bicyclic) bond motifs is 1. The summed E-state index contributed by atoms with van der Waals surface area (Å²) in [5, 5.41) is 3.41. The molecule has 3 atom stereocenters. The standard InChI is InChI=1S/C18H29N3O2/c1-12-2-4-16(5-3-12)21-11-13(6-17(21)22)18(23)20-9-14-7-19-8-15(14)10-20/h12-16,19H,2-11H2,1H3/t12?,13?,14-,15+,16?. The number of nitrogens with zero attached hydrogens (tertiary/aromatic N) is 2. The van der Waals surface area contributed by atoms with Crippen LogP contribution in [0.3, 0.4) is 0 Å². The fourth-order valence-electron chi connectivity index (χ4n) is 5.10. The van der Waals surface area contributed by atoms with Crippen molar-refractivity contribution in [1.29, 1.82) is 0 Å². The summed E-state index contributed by atoms with van der Waals surface area (Å²) in [5.41, 5.74) is 0. The van der Waals surface area contributed by atoms with Crippen molar-refractivity contribution in [2.45, 2.75) is 45.1 Å². The normalized spacial score (nSPS) is 40.7. The fraction of sp³-hybridized carbons (Fsp3) is 0.889. The minimum absolute atomic E-state index is 0.0892. The molecule has 0 bridgehead atoms. The van der Waals surface area contributed by atoms with Crippen molar-refractivity contribution in [2.75, 3.05) is 32.7 Å². The Hall–Kier alpha value is -1.10. The first-order valence-electron chi connectivity index (χ1n) is 9.40. The number of carbonyl (C=O) groups is 2. The molecule has 128 valence electrons. The molecule has 4 aliphatic rings. The molecule has 0 aromatic rings. The Morgan fingerprint density at radius 2 is 1.70 bits per heavy atom. The second-order valence-electron chi connectivity index (χ2n) is 8.28. The summed E-state index contributed by atoms with van der Waals surface area (Å²) in [6.45, 7) is 6.84. The third-order valence-electron chi connectivity index (χ3n) is 6.64. The van der Waals surface area contributed by atoms with E-state index in [9.17, 15) is 9.59 Å². The van der Waals surface area contributed by atoms with E-state index < -0.39 is 0 Å². The van der Waals surface area contributed by atoms with Crippen LogP contribution in [-0.4, -0.2) is 60.4 Å². The first-order valence-corrected chi connectivity index (χ1v) is 9.40. The van der Waals surface area contributed by atoms with Gasteiger partial charge in [-0.2, -0.15) is 0 Å². The van der Waals surface area contributed by atoms with E-state index in [1.165, 1.54) is 12.8 Å². The summed E-state index contributed by atoms with van der Waals surface area (Å²) < 4.78 is 0. The van der Waals surface area contributed by atoms with Crippen LogP contribution in [0.5, 0.6) is 0 Å². The van der Waals surface area contributed by atoms with Crippen molar-refractivity contribution in [2.24, 2.45) is 23.7 Å². The zero-order valence-corrected chi connectivity index (χ0v) is 14.2. The molecule has 2 amide bonds. The molecular formula is C18H29N3O2. The Morgan fingerprint density at radius 3 is 2.35 bits per heavy atom. The second-order valence-corrected chi connectivity index (χ2v) is 8.28. The summed E-state index contributed by atoms with van der Waals surface area (Å²) in [7, 11) is 0. The number of carbonyl (C=O) groups excluding carboxylic acids is 2.